The van der Waals surface area contributed by atoms with Crippen LogP contribution in [-0.2, 0) is 11.2 Å². The van der Waals surface area contributed by atoms with Gasteiger partial charge in [0, 0.05) is 12.1 Å². The first-order chi connectivity index (χ1) is 12.9. The van der Waals surface area contributed by atoms with Gasteiger partial charge in [-0.3, -0.25) is 14.9 Å². The summed E-state index contributed by atoms with van der Waals surface area (Å²) in [6.45, 7) is 10.5. The van der Waals surface area contributed by atoms with Crippen molar-refractivity contribution in [2.75, 3.05) is 5.32 Å². The maximum Gasteiger partial charge on any atom is 0.337 e. The highest BCUT2D eigenvalue weighted by molar-refractivity contribution is 6.04. The maximum absolute atomic E-state index is 12.5. The van der Waals surface area contributed by atoms with E-state index in [-0.39, 0.29) is 17.5 Å². The highest BCUT2D eigenvalue weighted by Gasteiger charge is 2.23. The zero-order valence-electron chi connectivity index (χ0n) is 17.3. The summed E-state index contributed by atoms with van der Waals surface area (Å²) in [6, 6.07) is 1.46. The Hall–Kier alpha value is -2.11. The van der Waals surface area contributed by atoms with Crippen molar-refractivity contribution >= 4 is 18.2 Å². The van der Waals surface area contributed by atoms with Crippen molar-refractivity contribution in [3.05, 3.63) is 27.6 Å². The van der Waals surface area contributed by atoms with Crippen LogP contribution in [0.5, 0.6) is 0 Å². The van der Waals surface area contributed by atoms with E-state index in [9.17, 15) is 14.4 Å². The van der Waals surface area contributed by atoms with Crippen LogP contribution in [-0.4, -0.2) is 18.4 Å². The minimum absolute atomic E-state index is 0.0779. The van der Waals surface area contributed by atoms with Crippen LogP contribution >= 0.6 is 0 Å². The second kappa shape index (κ2) is 11.6. The predicted octanol–water partition coefficient (Wildman–Crippen LogP) is 4.13. The third-order valence-corrected chi connectivity index (χ3v) is 5.02. The van der Waals surface area contributed by atoms with Gasteiger partial charge < -0.3 is 9.73 Å². The molecule has 6 heteroatoms. The lowest BCUT2D eigenvalue weighted by atomic mass is 9.88. The minimum Gasteiger partial charge on any atom is -0.406 e. The number of carbonyl (C=O) groups is 2. The van der Waals surface area contributed by atoms with Crippen molar-refractivity contribution in [2.45, 2.75) is 79.2 Å². The van der Waals surface area contributed by atoms with Crippen molar-refractivity contribution in [3.8, 4) is 0 Å². The fraction of sp³-hybridized carbons (Fsp3) is 0.667. The second-order valence-corrected chi connectivity index (χ2v) is 7.49. The fourth-order valence-corrected chi connectivity index (χ4v) is 3.19. The minimum atomic E-state index is -0.545. The van der Waals surface area contributed by atoms with Gasteiger partial charge in [0.1, 0.15) is 5.56 Å². The van der Waals surface area contributed by atoms with E-state index in [0.717, 1.165) is 32.1 Å². The van der Waals surface area contributed by atoms with Crippen LogP contribution in [0.15, 0.2) is 15.3 Å². The molecule has 0 aromatic carbocycles. The molecule has 0 saturated carbocycles. The Morgan fingerprint density at radius 2 is 1.81 bits per heavy atom. The first kappa shape index (κ1) is 22.9. The van der Waals surface area contributed by atoms with Gasteiger partial charge >= 0.3 is 5.63 Å². The lowest BCUT2D eigenvalue weighted by Gasteiger charge is -2.21. The molecule has 2 N–H and O–H groups in total. The second-order valence-electron chi connectivity index (χ2n) is 7.49. The Morgan fingerprint density at radius 1 is 1.15 bits per heavy atom. The highest BCUT2D eigenvalue weighted by Crippen LogP contribution is 2.26. The molecule has 0 saturated heterocycles. The van der Waals surface area contributed by atoms with Crippen LogP contribution in [0.3, 0.4) is 0 Å². The van der Waals surface area contributed by atoms with Gasteiger partial charge in [0.15, 0.2) is 0 Å². The molecule has 152 valence electrons. The molecule has 0 bridgehead atoms. The summed E-state index contributed by atoms with van der Waals surface area (Å²) in [7, 11) is 0. The van der Waals surface area contributed by atoms with Crippen LogP contribution in [0.4, 0.5) is 5.88 Å². The molecule has 0 aliphatic rings. The monoisotopic (exact) mass is 378 g/mol. The molecule has 1 heterocycles. The van der Waals surface area contributed by atoms with Crippen molar-refractivity contribution in [1.82, 2.24) is 5.32 Å². The third kappa shape index (κ3) is 7.19. The van der Waals surface area contributed by atoms with Gasteiger partial charge in [-0.2, -0.15) is 0 Å². The summed E-state index contributed by atoms with van der Waals surface area (Å²) < 4.78 is 5.32. The molecular weight excluding hydrogens is 344 g/mol. The molecule has 1 aromatic heterocycles. The molecule has 1 unspecified atom stereocenters. The first-order valence-corrected chi connectivity index (χ1v) is 10.0. The number of hydrogen-bond donors (Lipinski definition) is 2. The van der Waals surface area contributed by atoms with Crippen molar-refractivity contribution in [3.63, 3.8) is 0 Å². The first-order valence-electron chi connectivity index (χ1n) is 10.0. The molecule has 0 radical (unpaired) electrons. The largest absolute Gasteiger partial charge is 0.406 e. The summed E-state index contributed by atoms with van der Waals surface area (Å²) in [5.41, 5.74) is 0.408. The quantitative estimate of drug-likeness (QED) is 0.534. The van der Waals surface area contributed by atoms with Crippen LogP contribution in [0.2, 0.25) is 0 Å². The van der Waals surface area contributed by atoms with Crippen molar-refractivity contribution < 1.29 is 14.0 Å². The molecule has 0 spiro atoms. The summed E-state index contributed by atoms with van der Waals surface area (Å²) in [4.78, 5) is 35.5. The summed E-state index contributed by atoms with van der Waals surface area (Å²) in [5, 5.41) is 5.36. The van der Waals surface area contributed by atoms with Gasteiger partial charge in [-0.1, -0.05) is 47.5 Å². The van der Waals surface area contributed by atoms with Crippen LogP contribution in [0.25, 0.3) is 0 Å². The Kier molecular flexibility index (Phi) is 9.83. The maximum atomic E-state index is 12.5. The lowest BCUT2D eigenvalue weighted by molar-refractivity contribution is -0.108. The lowest BCUT2D eigenvalue weighted by Crippen LogP contribution is -2.28. The average molecular weight is 379 g/mol. The smallest absolute Gasteiger partial charge is 0.337 e. The van der Waals surface area contributed by atoms with E-state index >= 15 is 0 Å². The van der Waals surface area contributed by atoms with Crippen LogP contribution in [0.1, 0.15) is 82.6 Å². The van der Waals surface area contributed by atoms with Gasteiger partial charge in [-0.05, 0) is 43.1 Å². The normalized spacial score (nSPS) is 12.3. The van der Waals surface area contributed by atoms with Crippen LogP contribution < -0.4 is 16.3 Å². The molecule has 0 aliphatic carbocycles. The Labute approximate surface area is 162 Å². The number of anilines is 1. The van der Waals surface area contributed by atoms with Gasteiger partial charge in [-0.15, -0.1) is 0 Å². The van der Waals surface area contributed by atoms with Gasteiger partial charge in [0.25, 0.3) is 5.91 Å². The fourth-order valence-electron chi connectivity index (χ4n) is 3.19. The van der Waals surface area contributed by atoms with E-state index in [0.29, 0.717) is 30.2 Å². The summed E-state index contributed by atoms with van der Waals surface area (Å²) in [6.07, 6.45) is 5.68. The number of rotatable bonds is 12. The summed E-state index contributed by atoms with van der Waals surface area (Å²) >= 11 is 0. The molecule has 1 atom stereocenters. The molecule has 1 rings (SSSR count). The zero-order chi connectivity index (χ0) is 20.4. The van der Waals surface area contributed by atoms with Gasteiger partial charge in [-0.25, -0.2) is 4.79 Å². The Bertz CT molecular complexity index is 663. The van der Waals surface area contributed by atoms with E-state index < -0.39 is 11.5 Å². The van der Waals surface area contributed by atoms with Gasteiger partial charge in [0.05, 0.1) is 0 Å². The number of hydrogen-bond acceptors (Lipinski definition) is 5. The van der Waals surface area contributed by atoms with Crippen molar-refractivity contribution in [1.29, 1.82) is 0 Å². The average Bonchev–Trinajstić information content (AvgIpc) is 2.62. The van der Waals surface area contributed by atoms with E-state index in [1.807, 2.05) is 13.8 Å². The third-order valence-electron chi connectivity index (χ3n) is 5.02. The molecule has 27 heavy (non-hydrogen) atoms. The number of carbonyl (C=O) groups excluding carboxylic acids is 2. The zero-order valence-corrected chi connectivity index (χ0v) is 17.3. The van der Waals surface area contributed by atoms with E-state index in [1.54, 1.807) is 0 Å². The van der Waals surface area contributed by atoms with E-state index in [4.69, 9.17) is 4.42 Å². The van der Waals surface area contributed by atoms with Crippen molar-refractivity contribution in [2.24, 2.45) is 11.8 Å². The molecular formula is C21H34N2O4. The van der Waals surface area contributed by atoms with Gasteiger partial charge in [0.2, 0.25) is 12.3 Å². The molecule has 1 aromatic rings. The van der Waals surface area contributed by atoms with E-state index in [1.165, 1.54) is 6.07 Å². The molecule has 0 fully saturated rings. The Balaban J connectivity index is 3.30. The molecule has 2 amide bonds. The number of amides is 2. The standard InChI is InChI=1S/C21H34N2O4/c1-6-15(10-9-14(4)5)11-16-12-18(25)27-21(23-17(7-2)8-3)19(16)20(26)22-13-24/h12-15,17,23H,6-11H2,1-5H3,(H,22,24,26). The number of imide groups is 1. The SMILES string of the molecule is CCC(CCC(C)C)Cc1cc(=O)oc(NC(CC)CC)c1C(=O)NC=O. The molecule has 6 nitrogen and oxygen atoms in total. The molecule has 0 aliphatic heterocycles. The predicted molar refractivity (Wildman–Crippen MR) is 108 cm³/mol. The Morgan fingerprint density at radius 3 is 2.33 bits per heavy atom. The number of nitrogens with one attached hydrogen (secondary N) is 2. The highest BCUT2D eigenvalue weighted by atomic mass is 16.4. The van der Waals surface area contributed by atoms with E-state index in [2.05, 4.69) is 31.4 Å². The topological polar surface area (TPSA) is 88.4 Å². The van der Waals surface area contributed by atoms with Crippen LogP contribution in [0, 0.1) is 11.8 Å². The summed E-state index contributed by atoms with van der Waals surface area (Å²) in [5.74, 6) is 0.572.